The maximum absolute atomic E-state index is 13.6. The average molecular weight is 303 g/mol. The number of carbonyl (C=O) groups is 1. The maximum Gasteiger partial charge on any atom is 0.225 e. The van der Waals surface area contributed by atoms with Crippen molar-refractivity contribution in [2.24, 2.45) is 0 Å². The Balaban J connectivity index is 0.00000200. The second-order valence-electron chi connectivity index (χ2n) is 4.62. The molecule has 1 heterocycles. The fourth-order valence-electron chi connectivity index (χ4n) is 2.22. The number of halogens is 2. The monoisotopic (exact) mass is 302 g/mol. The van der Waals surface area contributed by atoms with Gasteiger partial charge in [0.1, 0.15) is 0 Å². The topological polar surface area (TPSA) is 50.4 Å². The lowest BCUT2D eigenvalue weighted by molar-refractivity contribution is -0.116. The molecule has 112 valence electrons. The van der Waals surface area contributed by atoms with Crippen molar-refractivity contribution in [1.82, 2.24) is 5.32 Å². The third-order valence-electron chi connectivity index (χ3n) is 3.11. The van der Waals surface area contributed by atoms with E-state index in [0.29, 0.717) is 18.7 Å². The number of hydrogen-bond acceptors (Lipinski definition) is 3. The van der Waals surface area contributed by atoms with Crippen LogP contribution in [0, 0.1) is 5.82 Å². The van der Waals surface area contributed by atoms with E-state index in [4.69, 9.17) is 4.74 Å². The molecule has 1 aromatic carbocycles. The largest absolute Gasteiger partial charge is 0.491 e. The molecule has 0 radical (unpaired) electrons. The number of amides is 1. The Kier molecular flexibility index (Phi) is 6.75. The molecule has 1 amide bonds. The summed E-state index contributed by atoms with van der Waals surface area (Å²) in [5.74, 6) is -0.348. The number of rotatable bonds is 5. The fraction of sp³-hybridized carbons (Fsp3) is 0.500. The first-order valence-corrected chi connectivity index (χ1v) is 6.64. The minimum Gasteiger partial charge on any atom is -0.491 e. The van der Waals surface area contributed by atoms with Crippen LogP contribution < -0.4 is 15.4 Å². The smallest absolute Gasteiger partial charge is 0.225 e. The highest BCUT2D eigenvalue weighted by molar-refractivity contribution is 5.91. The van der Waals surface area contributed by atoms with Gasteiger partial charge in [-0.3, -0.25) is 4.79 Å². The molecule has 0 aromatic heterocycles. The van der Waals surface area contributed by atoms with Crippen molar-refractivity contribution in [2.45, 2.75) is 32.2 Å². The fourth-order valence-corrected chi connectivity index (χ4v) is 2.22. The third-order valence-corrected chi connectivity index (χ3v) is 3.11. The van der Waals surface area contributed by atoms with E-state index in [2.05, 4.69) is 10.6 Å². The molecule has 0 saturated carbocycles. The maximum atomic E-state index is 13.6. The second-order valence-corrected chi connectivity index (χ2v) is 4.62. The van der Waals surface area contributed by atoms with Crippen molar-refractivity contribution in [3.05, 3.63) is 24.0 Å². The van der Waals surface area contributed by atoms with Crippen molar-refractivity contribution < 1.29 is 13.9 Å². The van der Waals surface area contributed by atoms with Crippen LogP contribution in [0.4, 0.5) is 10.1 Å². The van der Waals surface area contributed by atoms with Crippen LogP contribution in [-0.4, -0.2) is 25.1 Å². The Labute approximate surface area is 124 Å². The van der Waals surface area contributed by atoms with E-state index in [0.717, 1.165) is 19.4 Å². The summed E-state index contributed by atoms with van der Waals surface area (Å²) in [4.78, 5) is 11.8. The summed E-state index contributed by atoms with van der Waals surface area (Å²) in [6, 6.07) is 4.70. The summed E-state index contributed by atoms with van der Waals surface area (Å²) < 4.78 is 18.7. The van der Waals surface area contributed by atoms with Gasteiger partial charge in [-0.1, -0.05) is 0 Å². The van der Waals surface area contributed by atoms with E-state index in [1.807, 2.05) is 0 Å². The van der Waals surface area contributed by atoms with Gasteiger partial charge in [-0.15, -0.1) is 12.4 Å². The van der Waals surface area contributed by atoms with E-state index in [-0.39, 0.29) is 30.1 Å². The Morgan fingerprint density at radius 1 is 1.55 bits per heavy atom. The van der Waals surface area contributed by atoms with Crippen molar-refractivity contribution in [3.8, 4) is 5.75 Å². The van der Waals surface area contributed by atoms with Gasteiger partial charge in [0.2, 0.25) is 5.91 Å². The number of nitrogens with one attached hydrogen (secondary N) is 2. The average Bonchev–Trinajstić information content (AvgIpc) is 2.85. The molecule has 0 spiro atoms. The molecule has 1 unspecified atom stereocenters. The molecule has 1 aliphatic rings. The van der Waals surface area contributed by atoms with Crippen molar-refractivity contribution in [3.63, 3.8) is 0 Å². The second kappa shape index (κ2) is 8.07. The number of carbonyl (C=O) groups excluding carboxylic acids is 1. The molecule has 1 aliphatic heterocycles. The number of ether oxygens (including phenoxy) is 1. The predicted octanol–water partition coefficient (Wildman–Crippen LogP) is 2.73. The molecule has 2 rings (SSSR count). The first-order valence-electron chi connectivity index (χ1n) is 6.64. The summed E-state index contributed by atoms with van der Waals surface area (Å²) in [5, 5.41) is 5.96. The van der Waals surface area contributed by atoms with Crippen LogP contribution in [0.2, 0.25) is 0 Å². The van der Waals surface area contributed by atoms with Crippen LogP contribution in [0.25, 0.3) is 0 Å². The molecule has 1 atom stereocenters. The zero-order valence-corrected chi connectivity index (χ0v) is 12.3. The Morgan fingerprint density at radius 2 is 2.35 bits per heavy atom. The van der Waals surface area contributed by atoms with Gasteiger partial charge >= 0.3 is 0 Å². The highest BCUT2D eigenvalue weighted by atomic mass is 35.5. The molecule has 4 nitrogen and oxygen atoms in total. The molecule has 1 aromatic rings. The van der Waals surface area contributed by atoms with Gasteiger partial charge in [-0.2, -0.15) is 0 Å². The quantitative estimate of drug-likeness (QED) is 0.879. The van der Waals surface area contributed by atoms with Gasteiger partial charge in [0, 0.05) is 24.2 Å². The summed E-state index contributed by atoms with van der Waals surface area (Å²) in [7, 11) is 0. The molecular weight excluding hydrogens is 283 g/mol. The SMILES string of the molecule is CCOc1ccc(NC(=O)CC2CCCN2)cc1F.Cl. The summed E-state index contributed by atoms with van der Waals surface area (Å²) in [5.41, 5.74) is 0.462. The molecular formula is C14H20ClFN2O2. The van der Waals surface area contributed by atoms with Gasteiger partial charge in [-0.05, 0) is 38.4 Å². The van der Waals surface area contributed by atoms with Gasteiger partial charge in [0.15, 0.2) is 11.6 Å². The first kappa shape index (κ1) is 16.7. The van der Waals surface area contributed by atoms with Crippen molar-refractivity contribution >= 4 is 24.0 Å². The van der Waals surface area contributed by atoms with Crippen LogP contribution in [0.5, 0.6) is 5.75 Å². The molecule has 0 aliphatic carbocycles. The zero-order valence-electron chi connectivity index (χ0n) is 11.4. The predicted molar refractivity (Wildman–Crippen MR) is 79.1 cm³/mol. The Bertz CT molecular complexity index is 451. The molecule has 1 saturated heterocycles. The minimum absolute atomic E-state index is 0. The lowest BCUT2D eigenvalue weighted by Crippen LogP contribution is -2.27. The van der Waals surface area contributed by atoms with E-state index < -0.39 is 5.82 Å². The molecule has 1 fully saturated rings. The van der Waals surface area contributed by atoms with Crippen molar-refractivity contribution in [2.75, 3.05) is 18.5 Å². The minimum atomic E-state index is -0.460. The summed E-state index contributed by atoms with van der Waals surface area (Å²) >= 11 is 0. The molecule has 0 bridgehead atoms. The highest BCUT2D eigenvalue weighted by Crippen LogP contribution is 2.21. The van der Waals surface area contributed by atoms with Crippen LogP contribution in [0.3, 0.4) is 0 Å². The van der Waals surface area contributed by atoms with Gasteiger partial charge in [0.25, 0.3) is 0 Å². The zero-order chi connectivity index (χ0) is 13.7. The lowest BCUT2D eigenvalue weighted by atomic mass is 10.1. The first-order chi connectivity index (χ1) is 9.19. The number of hydrogen-bond donors (Lipinski definition) is 2. The summed E-state index contributed by atoms with van der Waals surface area (Å²) in [6.07, 6.45) is 2.55. The van der Waals surface area contributed by atoms with Crippen LogP contribution in [0.15, 0.2) is 18.2 Å². The van der Waals surface area contributed by atoms with E-state index >= 15 is 0 Å². The van der Waals surface area contributed by atoms with Gasteiger partial charge < -0.3 is 15.4 Å². The third kappa shape index (κ3) is 4.65. The normalized spacial score (nSPS) is 17.4. The van der Waals surface area contributed by atoms with Gasteiger partial charge in [0.05, 0.1) is 6.61 Å². The highest BCUT2D eigenvalue weighted by Gasteiger charge is 2.17. The molecule has 20 heavy (non-hydrogen) atoms. The number of anilines is 1. The Morgan fingerprint density at radius 3 is 2.95 bits per heavy atom. The standard InChI is InChI=1S/C14H19FN2O2.ClH/c1-2-19-13-6-5-11(8-12(13)15)17-14(18)9-10-4-3-7-16-10;/h5-6,8,10,16H,2-4,7,9H2,1H3,(H,17,18);1H. The molecule has 6 heteroatoms. The van der Waals surface area contributed by atoms with Crippen LogP contribution >= 0.6 is 12.4 Å². The van der Waals surface area contributed by atoms with E-state index in [9.17, 15) is 9.18 Å². The lowest BCUT2D eigenvalue weighted by Gasteiger charge is -2.11. The van der Waals surface area contributed by atoms with Crippen LogP contribution in [0.1, 0.15) is 26.2 Å². The number of benzene rings is 1. The Hall–Kier alpha value is -1.33. The van der Waals surface area contributed by atoms with E-state index in [1.54, 1.807) is 13.0 Å². The van der Waals surface area contributed by atoms with Gasteiger partial charge in [-0.25, -0.2) is 4.39 Å². The summed E-state index contributed by atoms with van der Waals surface area (Å²) in [6.45, 7) is 3.18. The van der Waals surface area contributed by atoms with Crippen molar-refractivity contribution in [1.29, 1.82) is 0 Å². The molecule has 2 N–H and O–H groups in total. The van der Waals surface area contributed by atoms with E-state index in [1.165, 1.54) is 12.1 Å². The van der Waals surface area contributed by atoms with Crippen LogP contribution in [-0.2, 0) is 4.79 Å².